The minimum atomic E-state index is -4.99. The molecule has 2 fully saturated rings. The smallest absolute Gasteiger partial charge is 0.336 e. The summed E-state index contributed by atoms with van der Waals surface area (Å²) in [6.45, 7) is 0. The molecule has 2 saturated carbocycles. The number of nitrogens with zero attached hydrogens (tertiary/aromatic N) is 1. The summed E-state index contributed by atoms with van der Waals surface area (Å²) in [5.74, 6) is -3.32. The van der Waals surface area contributed by atoms with Crippen LogP contribution in [0.3, 0.4) is 0 Å². The van der Waals surface area contributed by atoms with Crippen LogP contribution in [0.1, 0.15) is 37.3 Å². The third kappa shape index (κ3) is 5.70. The van der Waals surface area contributed by atoms with Gasteiger partial charge in [-0.3, -0.25) is 10.1 Å². The largest absolute Gasteiger partial charge is 0.408 e. The van der Waals surface area contributed by atoms with Gasteiger partial charge in [-0.05, 0) is 37.7 Å². The predicted octanol–water partition coefficient (Wildman–Crippen LogP) is 2.38. The zero-order valence-electron chi connectivity index (χ0n) is 15.9. The van der Waals surface area contributed by atoms with E-state index in [2.05, 4.69) is 5.32 Å². The van der Waals surface area contributed by atoms with Crippen molar-refractivity contribution in [3.63, 3.8) is 0 Å². The Morgan fingerprint density at radius 3 is 2.40 bits per heavy atom. The minimum absolute atomic E-state index is 0.0578. The van der Waals surface area contributed by atoms with E-state index in [4.69, 9.17) is 5.26 Å². The Bertz CT molecular complexity index is 951. The lowest BCUT2D eigenvalue weighted by molar-refractivity contribution is -0.161. The fourth-order valence-corrected chi connectivity index (χ4v) is 5.09. The van der Waals surface area contributed by atoms with Crippen LogP contribution in [-0.4, -0.2) is 43.6 Å². The number of halogens is 4. The van der Waals surface area contributed by atoms with Gasteiger partial charge in [-0.2, -0.15) is 18.4 Å². The second-order valence-corrected chi connectivity index (χ2v) is 10.1. The van der Waals surface area contributed by atoms with Crippen molar-refractivity contribution in [2.45, 2.75) is 49.5 Å². The third-order valence-corrected chi connectivity index (χ3v) is 6.98. The molecule has 0 saturated heterocycles. The number of nitrogens with one attached hydrogen (secondary N) is 2. The molecule has 2 N–H and O–H groups in total. The molecule has 2 aliphatic rings. The van der Waals surface area contributed by atoms with E-state index in [9.17, 15) is 30.8 Å². The van der Waals surface area contributed by atoms with Crippen molar-refractivity contribution in [1.29, 1.82) is 5.26 Å². The van der Waals surface area contributed by atoms with Crippen LogP contribution in [0.2, 0.25) is 0 Å². The lowest BCUT2D eigenvalue weighted by atomic mass is 10.0. The van der Waals surface area contributed by atoms with Crippen LogP contribution < -0.4 is 10.6 Å². The minimum Gasteiger partial charge on any atom is -0.336 e. The Balaban J connectivity index is 1.88. The van der Waals surface area contributed by atoms with Crippen LogP contribution in [0.5, 0.6) is 0 Å². The standard InChI is InChI=1S/C19H21F4N3O3S/c20-14-4-2-1-3-13(14)16(19(21,22)23)25-15(10-30(28,29)9-12-5-6-12)17(27)26-18(11-24)7-8-18/h1-4,12,15-16,25H,5-10H2,(H,26,27)/t15-,16-/m0/s1. The summed E-state index contributed by atoms with van der Waals surface area (Å²) in [7, 11) is -3.86. The van der Waals surface area contributed by atoms with Gasteiger partial charge < -0.3 is 5.32 Å². The van der Waals surface area contributed by atoms with Crippen LogP contribution in [0.25, 0.3) is 0 Å². The number of alkyl halides is 3. The van der Waals surface area contributed by atoms with Gasteiger partial charge >= 0.3 is 6.18 Å². The van der Waals surface area contributed by atoms with Crippen LogP contribution in [0.4, 0.5) is 17.6 Å². The van der Waals surface area contributed by atoms with E-state index in [1.165, 1.54) is 12.1 Å². The van der Waals surface area contributed by atoms with E-state index in [1.54, 1.807) is 0 Å². The zero-order chi connectivity index (χ0) is 22.2. The molecular weight excluding hydrogens is 426 g/mol. The highest BCUT2D eigenvalue weighted by atomic mass is 32.2. The van der Waals surface area contributed by atoms with E-state index in [0.29, 0.717) is 25.7 Å². The van der Waals surface area contributed by atoms with Crippen molar-refractivity contribution in [2.75, 3.05) is 11.5 Å². The lowest BCUT2D eigenvalue weighted by Gasteiger charge is -2.28. The molecule has 164 valence electrons. The Kier molecular flexibility index (Phi) is 6.11. The molecule has 0 bridgehead atoms. The summed E-state index contributed by atoms with van der Waals surface area (Å²) in [5.41, 5.74) is -1.94. The monoisotopic (exact) mass is 447 g/mol. The molecule has 2 atom stereocenters. The van der Waals surface area contributed by atoms with Gasteiger partial charge in [-0.15, -0.1) is 0 Å². The van der Waals surface area contributed by atoms with Gasteiger partial charge in [0.15, 0.2) is 9.84 Å². The van der Waals surface area contributed by atoms with Crippen molar-refractivity contribution in [1.82, 2.24) is 10.6 Å². The molecule has 1 amide bonds. The summed E-state index contributed by atoms with van der Waals surface area (Å²) in [6, 6.07) is 1.69. The van der Waals surface area contributed by atoms with Gasteiger partial charge in [-0.25, -0.2) is 12.8 Å². The van der Waals surface area contributed by atoms with Crippen LogP contribution in [-0.2, 0) is 14.6 Å². The SMILES string of the molecule is N#CC1(NC(=O)[C@H](CS(=O)(=O)CC2CC2)N[C@@H](c2ccccc2F)C(F)(F)F)CC1. The summed E-state index contributed by atoms with van der Waals surface area (Å²) in [5, 5.41) is 13.5. The molecule has 0 radical (unpaired) electrons. The topological polar surface area (TPSA) is 99.1 Å². The number of hydrogen-bond donors (Lipinski definition) is 2. The maximum atomic E-state index is 14.1. The number of amides is 1. The second kappa shape index (κ2) is 8.15. The quantitative estimate of drug-likeness (QED) is 0.567. The molecular formula is C19H21F4N3O3S. The van der Waals surface area contributed by atoms with Gasteiger partial charge in [0.05, 0.1) is 17.6 Å². The van der Waals surface area contributed by atoms with E-state index in [1.807, 2.05) is 11.4 Å². The average Bonchev–Trinajstić information content (AvgIpc) is 3.56. The molecule has 30 heavy (non-hydrogen) atoms. The van der Waals surface area contributed by atoms with Gasteiger partial charge in [0, 0.05) is 5.56 Å². The number of hydrogen-bond acceptors (Lipinski definition) is 5. The van der Waals surface area contributed by atoms with Gasteiger partial charge in [0.1, 0.15) is 23.4 Å². The molecule has 2 aliphatic carbocycles. The number of sulfone groups is 1. The lowest BCUT2D eigenvalue weighted by Crippen LogP contribution is -2.54. The highest BCUT2D eigenvalue weighted by Crippen LogP contribution is 2.36. The van der Waals surface area contributed by atoms with E-state index in [-0.39, 0.29) is 11.7 Å². The fourth-order valence-electron chi connectivity index (χ4n) is 3.15. The first-order valence-electron chi connectivity index (χ1n) is 9.46. The third-order valence-electron chi connectivity index (χ3n) is 5.16. The first-order chi connectivity index (χ1) is 13.9. The Hall–Kier alpha value is -2.19. The molecule has 0 unspecified atom stereocenters. The van der Waals surface area contributed by atoms with Crippen LogP contribution >= 0.6 is 0 Å². The number of benzene rings is 1. The molecule has 1 aromatic carbocycles. The number of carbonyl (C=O) groups excluding carboxylic acids is 1. The molecule has 0 spiro atoms. The van der Waals surface area contributed by atoms with Gasteiger partial charge in [0.25, 0.3) is 0 Å². The zero-order valence-corrected chi connectivity index (χ0v) is 16.7. The highest BCUT2D eigenvalue weighted by molar-refractivity contribution is 7.91. The number of nitriles is 1. The summed E-state index contributed by atoms with van der Waals surface area (Å²) < 4.78 is 80.1. The maximum Gasteiger partial charge on any atom is 0.408 e. The first-order valence-corrected chi connectivity index (χ1v) is 11.3. The molecule has 6 nitrogen and oxygen atoms in total. The predicted molar refractivity (Wildman–Crippen MR) is 99.2 cm³/mol. The maximum absolute atomic E-state index is 14.1. The Morgan fingerprint density at radius 1 is 1.27 bits per heavy atom. The van der Waals surface area contributed by atoms with Crippen LogP contribution in [0, 0.1) is 23.1 Å². The summed E-state index contributed by atoms with van der Waals surface area (Å²) in [6.07, 6.45) is -2.92. The van der Waals surface area contributed by atoms with Gasteiger partial charge in [0.2, 0.25) is 5.91 Å². The highest BCUT2D eigenvalue weighted by Gasteiger charge is 2.48. The molecule has 0 aliphatic heterocycles. The van der Waals surface area contributed by atoms with Crippen molar-refractivity contribution in [2.24, 2.45) is 5.92 Å². The van der Waals surface area contributed by atoms with Crippen molar-refractivity contribution in [3.8, 4) is 6.07 Å². The first kappa shape index (κ1) is 22.5. The van der Waals surface area contributed by atoms with E-state index in [0.717, 1.165) is 12.1 Å². The Morgan fingerprint density at radius 2 is 1.90 bits per heavy atom. The average molecular weight is 447 g/mol. The normalized spacial score (nSPS) is 20.1. The van der Waals surface area contributed by atoms with Crippen molar-refractivity contribution >= 4 is 15.7 Å². The molecule has 11 heteroatoms. The van der Waals surface area contributed by atoms with E-state index >= 15 is 0 Å². The second-order valence-electron chi connectivity index (χ2n) is 7.92. The molecule has 3 rings (SSSR count). The van der Waals surface area contributed by atoms with Crippen molar-refractivity contribution in [3.05, 3.63) is 35.6 Å². The summed E-state index contributed by atoms with van der Waals surface area (Å²) >= 11 is 0. The summed E-state index contributed by atoms with van der Waals surface area (Å²) in [4.78, 5) is 12.7. The van der Waals surface area contributed by atoms with Crippen molar-refractivity contribution < 1.29 is 30.8 Å². The molecule has 0 heterocycles. The number of carbonyl (C=O) groups is 1. The van der Waals surface area contributed by atoms with E-state index < -0.39 is 56.7 Å². The van der Waals surface area contributed by atoms with Crippen LogP contribution in [0.15, 0.2) is 24.3 Å². The van der Waals surface area contributed by atoms with Gasteiger partial charge in [-0.1, -0.05) is 18.2 Å². The molecule has 1 aromatic rings. The number of rotatable bonds is 9. The Labute approximate surface area is 171 Å². The molecule has 0 aromatic heterocycles. The fraction of sp³-hybridized carbons (Fsp3) is 0.579.